The van der Waals surface area contributed by atoms with Crippen LogP contribution in [0.4, 0.5) is 5.69 Å². The van der Waals surface area contributed by atoms with Gasteiger partial charge < -0.3 is 4.57 Å². The number of nitrogens with zero attached hydrogens (tertiary/aromatic N) is 3. The number of anilines is 1. The van der Waals surface area contributed by atoms with Gasteiger partial charge in [0.2, 0.25) is 0 Å². The summed E-state index contributed by atoms with van der Waals surface area (Å²) in [7, 11) is 1.77. The number of benzene rings is 1. The Bertz CT molecular complexity index is 751. The maximum absolute atomic E-state index is 12.2. The lowest BCUT2D eigenvalue weighted by atomic mass is 10.1. The lowest BCUT2D eigenvalue weighted by molar-refractivity contribution is -0.114. The number of ketones is 1. The molecule has 0 fully saturated rings. The molecule has 0 spiro atoms. The summed E-state index contributed by atoms with van der Waals surface area (Å²) in [6, 6.07) is 5.55. The maximum Gasteiger partial charge on any atom is 0.299 e. The molecule has 1 amide bonds. The van der Waals surface area contributed by atoms with Crippen molar-refractivity contribution >= 4 is 29.0 Å². The molecule has 2 heterocycles. The van der Waals surface area contributed by atoms with E-state index in [2.05, 4.69) is 4.98 Å². The summed E-state index contributed by atoms with van der Waals surface area (Å²) in [5, 5.41) is 0.490. The molecule has 0 unspecified atom stereocenters. The molecule has 1 aliphatic rings. The zero-order chi connectivity index (χ0) is 15.1. The Morgan fingerprint density at radius 3 is 2.67 bits per heavy atom. The van der Waals surface area contributed by atoms with Gasteiger partial charge in [-0.25, -0.2) is 4.98 Å². The molecule has 0 radical (unpaired) electrons. The van der Waals surface area contributed by atoms with Gasteiger partial charge >= 0.3 is 0 Å². The first-order valence-corrected chi connectivity index (χ1v) is 7.06. The van der Waals surface area contributed by atoms with Crippen molar-refractivity contribution in [3.8, 4) is 0 Å². The number of amides is 1. The standard InChI is InChI=1S/C15H14ClN3O2/c1-3-9-4-5-11-10(6-9)14(20)15(21)19(11)8-13-17-7-12(16)18(13)2/h4-7H,3,8H2,1-2H3. The number of imidazole rings is 1. The number of fused-ring (bicyclic) bond motifs is 1. The molecule has 0 saturated heterocycles. The molecule has 0 N–H and O–H groups in total. The zero-order valence-corrected chi connectivity index (χ0v) is 12.5. The van der Waals surface area contributed by atoms with Gasteiger partial charge in [-0.3, -0.25) is 14.5 Å². The second kappa shape index (κ2) is 5.00. The number of hydrogen-bond donors (Lipinski definition) is 0. The second-order valence-electron chi connectivity index (χ2n) is 4.98. The molecule has 5 nitrogen and oxygen atoms in total. The van der Waals surface area contributed by atoms with Gasteiger partial charge in [-0.2, -0.15) is 0 Å². The fraction of sp³-hybridized carbons (Fsp3) is 0.267. The van der Waals surface area contributed by atoms with E-state index in [0.29, 0.717) is 22.2 Å². The van der Waals surface area contributed by atoms with Gasteiger partial charge in [-0.05, 0) is 24.1 Å². The van der Waals surface area contributed by atoms with Gasteiger partial charge in [0.05, 0.1) is 24.0 Å². The first-order chi connectivity index (χ1) is 10.0. The highest BCUT2D eigenvalue weighted by Crippen LogP contribution is 2.31. The van der Waals surface area contributed by atoms with Crippen LogP contribution in [0.25, 0.3) is 0 Å². The van der Waals surface area contributed by atoms with Crippen LogP contribution < -0.4 is 4.90 Å². The van der Waals surface area contributed by atoms with Gasteiger partial charge in [-0.15, -0.1) is 0 Å². The predicted molar refractivity (Wildman–Crippen MR) is 79.6 cm³/mol. The Kier molecular flexibility index (Phi) is 3.29. The van der Waals surface area contributed by atoms with Crippen LogP contribution in [-0.2, 0) is 24.8 Å². The van der Waals surface area contributed by atoms with Crippen molar-refractivity contribution in [2.24, 2.45) is 7.05 Å². The van der Waals surface area contributed by atoms with Crippen molar-refractivity contribution < 1.29 is 9.59 Å². The fourth-order valence-corrected chi connectivity index (χ4v) is 2.58. The highest BCUT2D eigenvalue weighted by Gasteiger charge is 2.36. The summed E-state index contributed by atoms with van der Waals surface area (Å²) in [6.07, 6.45) is 2.35. The highest BCUT2D eigenvalue weighted by molar-refractivity contribution is 6.52. The molecular formula is C15H14ClN3O2. The lowest BCUT2D eigenvalue weighted by Crippen LogP contribution is -2.30. The van der Waals surface area contributed by atoms with E-state index in [4.69, 9.17) is 11.6 Å². The number of halogens is 1. The first kappa shape index (κ1) is 13.8. The summed E-state index contributed by atoms with van der Waals surface area (Å²) < 4.78 is 1.69. The van der Waals surface area contributed by atoms with Crippen LogP contribution in [0.5, 0.6) is 0 Å². The van der Waals surface area contributed by atoms with Crippen LogP contribution >= 0.6 is 11.6 Å². The second-order valence-corrected chi connectivity index (χ2v) is 5.37. The van der Waals surface area contributed by atoms with Gasteiger partial charge in [-0.1, -0.05) is 24.6 Å². The van der Waals surface area contributed by atoms with Crippen LogP contribution in [0.15, 0.2) is 24.4 Å². The van der Waals surface area contributed by atoms with Crippen LogP contribution in [0.1, 0.15) is 28.7 Å². The Morgan fingerprint density at radius 2 is 2.05 bits per heavy atom. The minimum absolute atomic E-state index is 0.228. The molecular weight excluding hydrogens is 290 g/mol. The van der Waals surface area contributed by atoms with Gasteiger partial charge in [0.25, 0.3) is 11.7 Å². The highest BCUT2D eigenvalue weighted by atomic mass is 35.5. The van der Waals surface area contributed by atoms with Crippen molar-refractivity contribution in [2.75, 3.05) is 4.90 Å². The number of rotatable bonds is 3. The molecule has 1 aromatic heterocycles. The average molecular weight is 304 g/mol. The number of carbonyl (C=O) groups excluding carboxylic acids is 2. The van der Waals surface area contributed by atoms with E-state index < -0.39 is 11.7 Å². The number of aryl methyl sites for hydroxylation is 1. The SMILES string of the molecule is CCc1ccc2c(c1)C(=O)C(=O)N2Cc1ncc(Cl)n1C. The zero-order valence-electron chi connectivity index (χ0n) is 11.8. The molecule has 0 aliphatic carbocycles. The summed E-state index contributed by atoms with van der Waals surface area (Å²) in [5.74, 6) is -0.341. The van der Waals surface area contributed by atoms with E-state index in [9.17, 15) is 9.59 Å². The largest absolute Gasteiger partial charge is 0.321 e. The number of Topliss-reactive ketones (excluding diaryl/α,β-unsaturated/α-hetero) is 1. The summed E-state index contributed by atoms with van der Waals surface area (Å²) >= 11 is 5.95. The molecule has 0 bridgehead atoms. The topological polar surface area (TPSA) is 55.2 Å². The third-order valence-electron chi connectivity index (χ3n) is 3.77. The average Bonchev–Trinajstić information content (AvgIpc) is 2.93. The van der Waals surface area contributed by atoms with E-state index >= 15 is 0 Å². The molecule has 2 aromatic rings. The number of carbonyl (C=O) groups is 2. The van der Waals surface area contributed by atoms with Gasteiger partial charge in [0.15, 0.2) is 0 Å². The quantitative estimate of drug-likeness (QED) is 0.818. The Morgan fingerprint density at radius 1 is 1.29 bits per heavy atom. The van der Waals surface area contributed by atoms with E-state index in [1.54, 1.807) is 17.7 Å². The molecule has 1 aromatic carbocycles. The van der Waals surface area contributed by atoms with Crippen molar-refractivity contribution in [1.29, 1.82) is 0 Å². The lowest BCUT2D eigenvalue weighted by Gasteiger charge is -2.16. The molecule has 0 saturated carbocycles. The normalized spacial score (nSPS) is 14.0. The number of hydrogen-bond acceptors (Lipinski definition) is 3. The molecule has 21 heavy (non-hydrogen) atoms. The van der Waals surface area contributed by atoms with Gasteiger partial charge in [0.1, 0.15) is 11.0 Å². The smallest absolute Gasteiger partial charge is 0.299 e. The molecule has 3 rings (SSSR count). The van der Waals surface area contributed by atoms with Crippen LogP contribution in [0, 0.1) is 0 Å². The molecule has 6 heteroatoms. The Hall–Kier alpha value is -2.14. The van der Waals surface area contributed by atoms with Crippen LogP contribution in [0.3, 0.4) is 0 Å². The first-order valence-electron chi connectivity index (χ1n) is 6.68. The van der Waals surface area contributed by atoms with Crippen molar-refractivity contribution in [2.45, 2.75) is 19.9 Å². The van der Waals surface area contributed by atoms with E-state index in [0.717, 1.165) is 12.0 Å². The predicted octanol–water partition coefficient (Wildman–Crippen LogP) is 2.37. The minimum atomic E-state index is -0.516. The Balaban J connectivity index is 2.00. The van der Waals surface area contributed by atoms with Crippen molar-refractivity contribution in [3.05, 3.63) is 46.5 Å². The van der Waals surface area contributed by atoms with Crippen LogP contribution in [0.2, 0.25) is 5.15 Å². The van der Waals surface area contributed by atoms with Gasteiger partial charge in [0, 0.05) is 7.05 Å². The Labute approximate surface area is 127 Å². The van der Waals surface area contributed by atoms with E-state index in [1.165, 1.54) is 11.1 Å². The molecule has 0 atom stereocenters. The summed E-state index contributed by atoms with van der Waals surface area (Å²) in [6.45, 7) is 2.24. The third-order valence-corrected chi connectivity index (χ3v) is 4.12. The van der Waals surface area contributed by atoms with Crippen molar-refractivity contribution in [3.63, 3.8) is 0 Å². The molecule has 108 valence electrons. The fourth-order valence-electron chi connectivity index (χ4n) is 2.44. The summed E-state index contributed by atoms with van der Waals surface area (Å²) in [5.41, 5.74) is 2.15. The summed E-state index contributed by atoms with van der Waals surface area (Å²) in [4.78, 5) is 29.9. The van der Waals surface area contributed by atoms with Crippen LogP contribution in [-0.4, -0.2) is 21.2 Å². The monoisotopic (exact) mass is 303 g/mol. The van der Waals surface area contributed by atoms with E-state index in [-0.39, 0.29) is 6.54 Å². The third kappa shape index (κ3) is 2.14. The number of aromatic nitrogens is 2. The van der Waals surface area contributed by atoms with E-state index in [1.807, 2.05) is 19.1 Å². The van der Waals surface area contributed by atoms with Crippen molar-refractivity contribution in [1.82, 2.24) is 9.55 Å². The minimum Gasteiger partial charge on any atom is -0.321 e. The maximum atomic E-state index is 12.2. The molecule has 1 aliphatic heterocycles.